The molecule has 0 atom stereocenters. The molecule has 0 aliphatic rings. The van der Waals surface area contributed by atoms with Crippen LogP contribution in [-0.2, 0) is 0 Å². The van der Waals surface area contributed by atoms with Crippen molar-refractivity contribution in [2.45, 2.75) is 6.92 Å². The van der Waals surface area contributed by atoms with Gasteiger partial charge in [0.2, 0.25) is 0 Å². The number of thiazole rings is 1. The van der Waals surface area contributed by atoms with Crippen LogP contribution in [0.5, 0.6) is 17.2 Å². The van der Waals surface area contributed by atoms with E-state index in [2.05, 4.69) is 46.7 Å². The maximum Gasteiger partial charge on any atom is 0.275 e. The van der Waals surface area contributed by atoms with Crippen molar-refractivity contribution in [1.82, 2.24) is 10.4 Å². The molecule has 0 fully saturated rings. The van der Waals surface area contributed by atoms with E-state index in [0.29, 0.717) is 5.56 Å². The van der Waals surface area contributed by atoms with Crippen molar-refractivity contribution in [3.63, 3.8) is 0 Å². The number of benzene rings is 5. The van der Waals surface area contributed by atoms with Gasteiger partial charge in [0.15, 0.2) is 0 Å². The minimum Gasteiger partial charge on any atom is -0.507 e. The number of nitrogens with zero attached hydrogens (tertiary/aromatic N) is 2. The SMILES string of the molecule is Cc1ccc(-c2cnc(-c3ccccc3O)s2)cc1.O=C(N/N=C/c1cc(-c2ccccc2)ccc1O)c1ccccc1O. The summed E-state index contributed by atoms with van der Waals surface area (Å²) >= 11 is 1.59. The van der Waals surface area contributed by atoms with Gasteiger partial charge in [-0.15, -0.1) is 11.3 Å². The predicted molar refractivity (Wildman–Crippen MR) is 176 cm³/mol. The van der Waals surface area contributed by atoms with Gasteiger partial charge in [-0.3, -0.25) is 4.79 Å². The Bertz CT molecular complexity index is 1900. The molecule has 5 aromatic carbocycles. The molecule has 0 aliphatic carbocycles. The fourth-order valence-corrected chi connectivity index (χ4v) is 5.21. The molecule has 0 aliphatic heterocycles. The number of aromatic nitrogens is 1. The largest absolute Gasteiger partial charge is 0.507 e. The van der Waals surface area contributed by atoms with E-state index in [9.17, 15) is 20.1 Å². The minimum atomic E-state index is -0.534. The van der Waals surface area contributed by atoms with Crippen LogP contribution in [0.15, 0.2) is 133 Å². The zero-order chi connectivity index (χ0) is 30.9. The maximum atomic E-state index is 12.0. The molecule has 0 radical (unpaired) electrons. The first-order valence-corrected chi connectivity index (χ1v) is 14.5. The number of para-hydroxylation sites is 2. The number of amides is 1. The average Bonchev–Trinajstić information content (AvgIpc) is 3.53. The van der Waals surface area contributed by atoms with Crippen molar-refractivity contribution in [1.29, 1.82) is 0 Å². The van der Waals surface area contributed by atoms with Gasteiger partial charge in [0.25, 0.3) is 5.91 Å². The number of hydrazone groups is 1. The van der Waals surface area contributed by atoms with Gasteiger partial charge in [0.1, 0.15) is 22.3 Å². The second-order valence-electron chi connectivity index (χ2n) is 9.77. The van der Waals surface area contributed by atoms with Crippen LogP contribution in [0.4, 0.5) is 0 Å². The standard InChI is InChI=1S/C20H16N2O3.C16H13NOS/c23-18-11-10-15(14-6-2-1-3-7-14)12-16(18)13-21-22-20(25)17-8-4-5-9-19(17)24;1-11-6-8-12(9-7-11)15-10-17-16(19-15)13-4-2-3-5-14(13)18/h1-13,23-24H,(H,22,25);2-10,18H,1H3/b21-13+;. The Labute approximate surface area is 259 Å². The molecule has 44 heavy (non-hydrogen) atoms. The highest BCUT2D eigenvalue weighted by Crippen LogP contribution is 2.36. The first-order valence-electron chi connectivity index (χ1n) is 13.7. The molecule has 0 unspecified atom stereocenters. The first kappa shape index (κ1) is 29.8. The number of hydrogen-bond acceptors (Lipinski definition) is 7. The van der Waals surface area contributed by atoms with Crippen molar-refractivity contribution in [3.05, 3.63) is 144 Å². The van der Waals surface area contributed by atoms with Gasteiger partial charge in [0, 0.05) is 11.8 Å². The molecule has 6 aromatic rings. The van der Waals surface area contributed by atoms with Crippen LogP contribution in [0, 0.1) is 6.92 Å². The number of carbonyl (C=O) groups excluding carboxylic acids is 1. The average molecular weight is 600 g/mol. The van der Waals surface area contributed by atoms with Gasteiger partial charge in [-0.1, -0.05) is 90.5 Å². The highest BCUT2D eigenvalue weighted by atomic mass is 32.1. The number of hydrogen-bond donors (Lipinski definition) is 4. The van der Waals surface area contributed by atoms with Crippen molar-refractivity contribution < 1.29 is 20.1 Å². The molecule has 6 rings (SSSR count). The molecular formula is C36H29N3O4S. The van der Waals surface area contributed by atoms with E-state index in [1.807, 2.05) is 60.8 Å². The zero-order valence-corrected chi connectivity index (χ0v) is 24.6. The number of rotatable bonds is 6. The third-order valence-electron chi connectivity index (χ3n) is 6.63. The van der Waals surface area contributed by atoms with Crippen LogP contribution < -0.4 is 5.43 Å². The Morgan fingerprint density at radius 2 is 1.39 bits per heavy atom. The molecular weight excluding hydrogens is 570 g/mol. The number of phenols is 3. The summed E-state index contributed by atoms with van der Waals surface area (Å²) < 4.78 is 0. The number of aromatic hydroxyl groups is 3. The minimum absolute atomic E-state index is 0.0558. The lowest BCUT2D eigenvalue weighted by atomic mass is 10.0. The highest BCUT2D eigenvalue weighted by Gasteiger charge is 2.10. The molecule has 1 amide bonds. The zero-order valence-electron chi connectivity index (χ0n) is 23.8. The summed E-state index contributed by atoms with van der Waals surface area (Å²) in [5.41, 5.74) is 8.05. The van der Waals surface area contributed by atoms with Crippen LogP contribution in [0.2, 0.25) is 0 Å². The first-order chi connectivity index (χ1) is 21.4. The van der Waals surface area contributed by atoms with E-state index in [-0.39, 0.29) is 22.8 Å². The Hall–Kier alpha value is -5.73. The van der Waals surface area contributed by atoms with Gasteiger partial charge in [-0.2, -0.15) is 5.10 Å². The molecule has 0 saturated heterocycles. The summed E-state index contributed by atoms with van der Waals surface area (Å²) in [4.78, 5) is 17.5. The van der Waals surface area contributed by atoms with Crippen LogP contribution in [0.1, 0.15) is 21.5 Å². The van der Waals surface area contributed by atoms with Gasteiger partial charge >= 0.3 is 0 Å². The molecule has 0 saturated carbocycles. The summed E-state index contributed by atoms with van der Waals surface area (Å²) in [5.74, 6) is -0.329. The van der Waals surface area contributed by atoms with Gasteiger partial charge < -0.3 is 15.3 Å². The normalized spacial score (nSPS) is 10.7. The Kier molecular flexibility index (Phi) is 9.44. The number of aryl methyl sites for hydroxylation is 1. The highest BCUT2D eigenvalue weighted by molar-refractivity contribution is 7.18. The fourth-order valence-electron chi connectivity index (χ4n) is 4.26. The summed E-state index contributed by atoms with van der Waals surface area (Å²) in [5, 5.41) is 34.2. The summed E-state index contributed by atoms with van der Waals surface area (Å²) in [6.45, 7) is 2.07. The fraction of sp³-hybridized carbons (Fsp3) is 0.0278. The van der Waals surface area contributed by atoms with E-state index in [1.165, 1.54) is 23.9 Å². The van der Waals surface area contributed by atoms with E-state index in [4.69, 9.17) is 0 Å². The van der Waals surface area contributed by atoms with Crippen LogP contribution in [-0.4, -0.2) is 32.4 Å². The molecule has 7 nitrogen and oxygen atoms in total. The number of carbonyl (C=O) groups is 1. The molecule has 8 heteroatoms. The van der Waals surface area contributed by atoms with E-state index >= 15 is 0 Å². The Morgan fingerprint density at radius 3 is 2.11 bits per heavy atom. The van der Waals surface area contributed by atoms with Crippen LogP contribution in [0.3, 0.4) is 0 Å². The third kappa shape index (κ3) is 7.36. The smallest absolute Gasteiger partial charge is 0.275 e. The van der Waals surface area contributed by atoms with Crippen molar-refractivity contribution >= 4 is 23.5 Å². The summed E-state index contributed by atoms with van der Waals surface area (Å²) in [6.07, 6.45) is 3.22. The number of nitrogens with one attached hydrogen (secondary N) is 1. The van der Waals surface area contributed by atoms with Crippen molar-refractivity contribution in [3.8, 4) is 49.4 Å². The lowest BCUT2D eigenvalue weighted by molar-refractivity contribution is 0.0952. The number of phenolic OH excluding ortho intramolecular Hbond substituents is 3. The van der Waals surface area contributed by atoms with E-state index < -0.39 is 5.91 Å². The molecule has 0 spiro atoms. The van der Waals surface area contributed by atoms with E-state index in [1.54, 1.807) is 41.7 Å². The molecule has 1 heterocycles. The maximum absolute atomic E-state index is 12.0. The lowest BCUT2D eigenvalue weighted by Gasteiger charge is -2.05. The predicted octanol–water partition coefficient (Wildman–Crippen LogP) is 8.02. The molecule has 218 valence electrons. The lowest BCUT2D eigenvalue weighted by Crippen LogP contribution is -2.17. The monoisotopic (exact) mass is 599 g/mol. The van der Waals surface area contributed by atoms with Gasteiger partial charge in [0.05, 0.1) is 22.2 Å². The second-order valence-corrected chi connectivity index (χ2v) is 10.8. The molecule has 4 N–H and O–H groups in total. The summed E-state index contributed by atoms with van der Waals surface area (Å²) in [7, 11) is 0. The van der Waals surface area contributed by atoms with Gasteiger partial charge in [-0.05, 0) is 60.0 Å². The van der Waals surface area contributed by atoms with Crippen LogP contribution in [0.25, 0.3) is 32.1 Å². The molecule has 1 aromatic heterocycles. The summed E-state index contributed by atoms with van der Waals surface area (Å²) in [6, 6.07) is 36.7. The van der Waals surface area contributed by atoms with Crippen LogP contribution >= 0.6 is 11.3 Å². The van der Waals surface area contributed by atoms with E-state index in [0.717, 1.165) is 32.1 Å². The Balaban J connectivity index is 0.000000181. The third-order valence-corrected chi connectivity index (χ3v) is 7.71. The topological polar surface area (TPSA) is 115 Å². The molecule has 0 bridgehead atoms. The Morgan fingerprint density at radius 1 is 0.727 bits per heavy atom. The second kappa shape index (κ2) is 14.0. The van der Waals surface area contributed by atoms with Crippen molar-refractivity contribution in [2.24, 2.45) is 5.10 Å². The van der Waals surface area contributed by atoms with Gasteiger partial charge in [-0.25, -0.2) is 10.4 Å². The quantitative estimate of drug-likeness (QED) is 0.114. The van der Waals surface area contributed by atoms with Crippen molar-refractivity contribution in [2.75, 3.05) is 0 Å².